The van der Waals surface area contributed by atoms with E-state index in [1.165, 1.54) is 12.5 Å². The largest absolute Gasteiger partial charge is 0.480 e. The molecule has 2 atom stereocenters. The van der Waals surface area contributed by atoms with Gasteiger partial charge in [0.25, 0.3) is 0 Å². The quantitative estimate of drug-likeness (QED) is 0.718. The van der Waals surface area contributed by atoms with Crippen molar-refractivity contribution in [3.8, 4) is 0 Å². The smallest absolute Gasteiger partial charge is 0.326 e. The number of urea groups is 1. The van der Waals surface area contributed by atoms with Crippen LogP contribution in [0.5, 0.6) is 0 Å². The van der Waals surface area contributed by atoms with E-state index in [0.717, 1.165) is 5.56 Å². The molecule has 18 heavy (non-hydrogen) atoms. The van der Waals surface area contributed by atoms with E-state index in [4.69, 9.17) is 9.52 Å². The van der Waals surface area contributed by atoms with Gasteiger partial charge in [0.2, 0.25) is 0 Å². The number of carboxylic acids is 1. The molecule has 0 spiro atoms. The number of nitrogens with one attached hydrogen (secondary N) is 2. The number of carboxylic acid groups (broad SMARTS) is 1. The third-order valence-electron chi connectivity index (χ3n) is 2.80. The summed E-state index contributed by atoms with van der Waals surface area (Å²) in [6.07, 6.45) is 3.71. The molecule has 1 heterocycles. The van der Waals surface area contributed by atoms with Crippen molar-refractivity contribution in [3.63, 3.8) is 0 Å². The van der Waals surface area contributed by atoms with Gasteiger partial charge in [-0.3, -0.25) is 0 Å². The average Bonchev–Trinajstić information content (AvgIpc) is 2.85. The molecule has 1 unspecified atom stereocenters. The molecule has 0 saturated heterocycles. The maximum Gasteiger partial charge on any atom is 0.326 e. The van der Waals surface area contributed by atoms with Gasteiger partial charge < -0.3 is 20.2 Å². The van der Waals surface area contributed by atoms with Crippen LogP contribution in [0.4, 0.5) is 4.79 Å². The molecule has 0 fully saturated rings. The van der Waals surface area contributed by atoms with Crippen LogP contribution in [-0.4, -0.2) is 23.1 Å². The minimum absolute atomic E-state index is 0.123. The Bertz CT molecular complexity index is 389. The summed E-state index contributed by atoms with van der Waals surface area (Å²) in [5, 5.41) is 14.0. The molecule has 6 heteroatoms. The second-order valence-electron chi connectivity index (χ2n) is 4.16. The van der Waals surface area contributed by atoms with E-state index in [0.29, 0.717) is 13.0 Å². The van der Waals surface area contributed by atoms with Gasteiger partial charge in [0.05, 0.1) is 12.5 Å². The first kappa shape index (κ1) is 14.1. The van der Waals surface area contributed by atoms with E-state index in [9.17, 15) is 9.59 Å². The van der Waals surface area contributed by atoms with Gasteiger partial charge in [0, 0.05) is 12.1 Å². The van der Waals surface area contributed by atoms with Crippen LogP contribution in [-0.2, 0) is 11.3 Å². The van der Waals surface area contributed by atoms with Gasteiger partial charge in [-0.1, -0.05) is 20.3 Å². The Balaban J connectivity index is 2.44. The molecule has 1 rings (SSSR count). The van der Waals surface area contributed by atoms with Crippen molar-refractivity contribution in [2.24, 2.45) is 5.92 Å². The predicted molar refractivity (Wildman–Crippen MR) is 65.0 cm³/mol. The number of amides is 2. The maximum absolute atomic E-state index is 11.6. The first-order valence-corrected chi connectivity index (χ1v) is 5.82. The lowest BCUT2D eigenvalue weighted by atomic mass is 9.99. The maximum atomic E-state index is 11.6. The number of rotatable bonds is 6. The van der Waals surface area contributed by atoms with Crippen molar-refractivity contribution in [3.05, 3.63) is 24.2 Å². The molecule has 2 amide bonds. The Morgan fingerprint density at radius 2 is 2.22 bits per heavy atom. The van der Waals surface area contributed by atoms with Crippen molar-refractivity contribution in [2.45, 2.75) is 32.9 Å². The highest BCUT2D eigenvalue weighted by molar-refractivity contribution is 5.82. The highest BCUT2D eigenvalue weighted by atomic mass is 16.4. The Morgan fingerprint density at radius 1 is 1.50 bits per heavy atom. The van der Waals surface area contributed by atoms with Crippen LogP contribution in [0.3, 0.4) is 0 Å². The zero-order valence-corrected chi connectivity index (χ0v) is 10.5. The normalized spacial score (nSPS) is 13.7. The van der Waals surface area contributed by atoms with Gasteiger partial charge in [-0.25, -0.2) is 9.59 Å². The molecular weight excluding hydrogens is 236 g/mol. The molecule has 0 aliphatic carbocycles. The third-order valence-corrected chi connectivity index (χ3v) is 2.80. The number of hydrogen-bond acceptors (Lipinski definition) is 3. The van der Waals surface area contributed by atoms with Crippen LogP contribution in [0.15, 0.2) is 23.0 Å². The van der Waals surface area contributed by atoms with Crippen LogP contribution < -0.4 is 10.6 Å². The second-order valence-corrected chi connectivity index (χ2v) is 4.16. The number of hydrogen-bond donors (Lipinski definition) is 3. The fourth-order valence-corrected chi connectivity index (χ4v) is 1.45. The Labute approximate surface area is 105 Å². The van der Waals surface area contributed by atoms with E-state index in [1.807, 2.05) is 6.92 Å². The second kappa shape index (κ2) is 6.68. The summed E-state index contributed by atoms with van der Waals surface area (Å²) in [6, 6.07) is 0.354. The van der Waals surface area contributed by atoms with Gasteiger partial charge >= 0.3 is 12.0 Å². The lowest BCUT2D eigenvalue weighted by Gasteiger charge is -2.20. The average molecular weight is 254 g/mol. The van der Waals surface area contributed by atoms with Gasteiger partial charge in [-0.2, -0.15) is 0 Å². The number of furan rings is 1. The zero-order chi connectivity index (χ0) is 13.5. The molecule has 1 aromatic rings. The summed E-state index contributed by atoms with van der Waals surface area (Å²) in [5.74, 6) is -1.15. The molecule has 0 saturated carbocycles. The molecule has 1 aromatic heterocycles. The molecule has 0 aromatic carbocycles. The van der Waals surface area contributed by atoms with Crippen molar-refractivity contribution >= 4 is 12.0 Å². The van der Waals surface area contributed by atoms with E-state index in [-0.39, 0.29) is 5.92 Å². The van der Waals surface area contributed by atoms with E-state index in [2.05, 4.69) is 10.6 Å². The van der Waals surface area contributed by atoms with Gasteiger partial charge in [0.1, 0.15) is 6.04 Å². The summed E-state index contributed by atoms with van der Waals surface area (Å²) in [7, 11) is 0. The first-order valence-electron chi connectivity index (χ1n) is 5.82. The van der Waals surface area contributed by atoms with E-state index in [1.54, 1.807) is 13.0 Å². The first-order chi connectivity index (χ1) is 8.54. The molecular formula is C12H18N2O4. The number of carbonyl (C=O) groups is 2. The molecule has 0 bridgehead atoms. The summed E-state index contributed by atoms with van der Waals surface area (Å²) < 4.78 is 4.86. The van der Waals surface area contributed by atoms with Crippen LogP contribution in [0.25, 0.3) is 0 Å². The van der Waals surface area contributed by atoms with Gasteiger partial charge in [-0.05, 0) is 12.0 Å². The molecule has 0 aliphatic rings. The third kappa shape index (κ3) is 4.12. The monoisotopic (exact) mass is 254 g/mol. The summed E-state index contributed by atoms with van der Waals surface area (Å²) in [6.45, 7) is 3.97. The molecule has 6 nitrogen and oxygen atoms in total. The van der Waals surface area contributed by atoms with Crippen molar-refractivity contribution in [2.75, 3.05) is 0 Å². The van der Waals surface area contributed by atoms with Crippen LogP contribution in [0, 0.1) is 5.92 Å². The van der Waals surface area contributed by atoms with Crippen molar-refractivity contribution < 1.29 is 19.1 Å². The van der Waals surface area contributed by atoms with Crippen molar-refractivity contribution in [1.29, 1.82) is 0 Å². The van der Waals surface area contributed by atoms with E-state index < -0.39 is 18.0 Å². The van der Waals surface area contributed by atoms with Gasteiger partial charge in [0.15, 0.2) is 0 Å². The lowest BCUT2D eigenvalue weighted by molar-refractivity contribution is -0.140. The summed E-state index contributed by atoms with van der Waals surface area (Å²) >= 11 is 0. The topological polar surface area (TPSA) is 91.6 Å². The molecule has 100 valence electrons. The Hall–Kier alpha value is -1.98. The lowest BCUT2D eigenvalue weighted by Crippen LogP contribution is -2.48. The summed E-state index contributed by atoms with van der Waals surface area (Å²) in [4.78, 5) is 22.6. The van der Waals surface area contributed by atoms with Crippen LogP contribution >= 0.6 is 0 Å². The van der Waals surface area contributed by atoms with Gasteiger partial charge in [-0.15, -0.1) is 0 Å². The highest BCUT2D eigenvalue weighted by Gasteiger charge is 2.24. The predicted octanol–water partition coefficient (Wildman–Crippen LogP) is 1.58. The zero-order valence-electron chi connectivity index (χ0n) is 10.5. The minimum atomic E-state index is -1.03. The van der Waals surface area contributed by atoms with E-state index >= 15 is 0 Å². The SMILES string of the molecule is CCC(C)[C@H](NC(=O)NCc1ccoc1)C(=O)O. The standard InChI is InChI=1S/C12H18N2O4/c1-3-8(2)10(11(15)16)14-12(17)13-6-9-4-5-18-7-9/h4-5,7-8,10H,3,6H2,1-2H3,(H,15,16)(H2,13,14,17)/t8?,10-/m0/s1. The number of aliphatic carboxylic acids is 1. The fraction of sp³-hybridized carbons (Fsp3) is 0.500. The molecule has 3 N–H and O–H groups in total. The fourth-order valence-electron chi connectivity index (χ4n) is 1.45. The Morgan fingerprint density at radius 3 is 2.72 bits per heavy atom. The Kier molecular flexibility index (Phi) is 5.23. The minimum Gasteiger partial charge on any atom is -0.480 e. The van der Waals surface area contributed by atoms with Crippen LogP contribution in [0.1, 0.15) is 25.8 Å². The molecule has 0 radical (unpaired) electrons. The highest BCUT2D eigenvalue weighted by Crippen LogP contribution is 2.07. The summed E-state index contributed by atoms with van der Waals surface area (Å²) in [5.41, 5.74) is 0.820. The van der Waals surface area contributed by atoms with Crippen molar-refractivity contribution in [1.82, 2.24) is 10.6 Å². The number of carbonyl (C=O) groups excluding carboxylic acids is 1. The molecule has 0 aliphatic heterocycles. The van der Waals surface area contributed by atoms with Crippen LogP contribution in [0.2, 0.25) is 0 Å².